The van der Waals surface area contributed by atoms with Crippen molar-refractivity contribution >= 4 is 23.2 Å². The normalized spacial score (nSPS) is 17.1. The molecule has 5 nitrogen and oxygen atoms in total. The van der Waals surface area contributed by atoms with Gasteiger partial charge in [-0.2, -0.15) is 0 Å². The molecule has 1 aliphatic carbocycles. The maximum Gasteiger partial charge on any atom is 0.254 e. The van der Waals surface area contributed by atoms with Gasteiger partial charge in [0.15, 0.2) is 0 Å². The summed E-state index contributed by atoms with van der Waals surface area (Å²) in [5, 5.41) is 2.10. The quantitative estimate of drug-likeness (QED) is 0.425. The van der Waals surface area contributed by atoms with Crippen molar-refractivity contribution in [1.29, 1.82) is 0 Å². The first-order chi connectivity index (χ1) is 17.0. The van der Waals surface area contributed by atoms with E-state index in [1.54, 1.807) is 16.2 Å². The number of rotatable bonds is 8. The van der Waals surface area contributed by atoms with Crippen molar-refractivity contribution in [3.63, 3.8) is 0 Å². The standard InChI is InChI=1S/C29H32N2O3S/c1-20-7-11-23(12-8-20)34-19-26-25-14-16-35-27(25)13-15-31(26)28(32)18-30(17-22-9-10-22)29(33)24-6-4-3-5-21(24)2/h3-8,11-12,14,16,22,26H,9-10,13,15,17-19H2,1-2H3. The molecule has 6 heteroatoms. The maximum absolute atomic E-state index is 13.7. The van der Waals surface area contributed by atoms with Crippen molar-refractivity contribution < 1.29 is 14.3 Å². The highest BCUT2D eigenvalue weighted by atomic mass is 32.1. The second-order valence-electron chi connectivity index (χ2n) is 9.72. The van der Waals surface area contributed by atoms with E-state index in [-0.39, 0.29) is 24.4 Å². The van der Waals surface area contributed by atoms with Crippen LogP contribution in [0.1, 0.15) is 50.8 Å². The Morgan fingerprint density at radius 3 is 2.57 bits per heavy atom. The fourth-order valence-corrected chi connectivity index (χ4v) is 5.68. The van der Waals surface area contributed by atoms with Crippen molar-refractivity contribution in [3.8, 4) is 5.75 Å². The molecule has 182 valence electrons. The van der Waals surface area contributed by atoms with Crippen molar-refractivity contribution in [1.82, 2.24) is 9.80 Å². The van der Waals surface area contributed by atoms with Gasteiger partial charge >= 0.3 is 0 Å². The number of hydrogen-bond donors (Lipinski definition) is 0. The van der Waals surface area contributed by atoms with Gasteiger partial charge in [0.25, 0.3) is 5.91 Å². The van der Waals surface area contributed by atoms with Crippen LogP contribution in [0.4, 0.5) is 0 Å². The molecule has 1 atom stereocenters. The summed E-state index contributed by atoms with van der Waals surface area (Å²) in [6.45, 7) is 5.78. The van der Waals surface area contributed by atoms with Crippen molar-refractivity contribution in [3.05, 3.63) is 87.1 Å². The van der Waals surface area contributed by atoms with E-state index in [1.165, 1.54) is 16.0 Å². The van der Waals surface area contributed by atoms with Crippen LogP contribution in [0.2, 0.25) is 0 Å². The van der Waals surface area contributed by atoms with Crippen LogP contribution in [0.5, 0.6) is 5.75 Å². The highest BCUT2D eigenvalue weighted by Crippen LogP contribution is 2.35. The zero-order valence-electron chi connectivity index (χ0n) is 20.4. The van der Waals surface area contributed by atoms with Crippen LogP contribution >= 0.6 is 11.3 Å². The Balaban J connectivity index is 1.34. The van der Waals surface area contributed by atoms with E-state index in [0.717, 1.165) is 30.6 Å². The zero-order valence-corrected chi connectivity index (χ0v) is 21.2. The van der Waals surface area contributed by atoms with Crippen molar-refractivity contribution in [2.45, 2.75) is 39.2 Å². The Kier molecular flexibility index (Phi) is 6.91. The van der Waals surface area contributed by atoms with E-state index in [1.807, 2.05) is 60.4 Å². The van der Waals surface area contributed by atoms with Crippen LogP contribution < -0.4 is 4.74 Å². The molecule has 0 N–H and O–H groups in total. The topological polar surface area (TPSA) is 49.9 Å². The van der Waals surface area contributed by atoms with Gasteiger partial charge in [-0.15, -0.1) is 11.3 Å². The minimum Gasteiger partial charge on any atom is -0.491 e. The van der Waals surface area contributed by atoms with Crippen LogP contribution in [0, 0.1) is 19.8 Å². The maximum atomic E-state index is 13.7. The van der Waals surface area contributed by atoms with Gasteiger partial charge in [-0.1, -0.05) is 35.9 Å². The van der Waals surface area contributed by atoms with Crippen LogP contribution in [0.25, 0.3) is 0 Å². The molecule has 0 radical (unpaired) electrons. The molecule has 1 saturated carbocycles. The summed E-state index contributed by atoms with van der Waals surface area (Å²) in [5.41, 5.74) is 3.97. The van der Waals surface area contributed by atoms with Crippen LogP contribution in [-0.2, 0) is 11.2 Å². The molecule has 1 unspecified atom stereocenters. The van der Waals surface area contributed by atoms with Gasteiger partial charge in [0.1, 0.15) is 18.9 Å². The third kappa shape index (κ3) is 5.43. The molecule has 1 aliphatic heterocycles. The molecule has 35 heavy (non-hydrogen) atoms. The van der Waals surface area contributed by atoms with Crippen LogP contribution in [-0.4, -0.2) is 47.9 Å². The predicted octanol–water partition coefficient (Wildman–Crippen LogP) is 5.42. The lowest BCUT2D eigenvalue weighted by atomic mass is 10.00. The summed E-state index contributed by atoms with van der Waals surface area (Å²) in [5.74, 6) is 1.24. The fourth-order valence-electron chi connectivity index (χ4n) is 4.75. The molecule has 5 rings (SSSR count). The van der Waals surface area contributed by atoms with E-state index >= 15 is 0 Å². The average Bonchev–Trinajstić information content (AvgIpc) is 3.55. The summed E-state index contributed by atoms with van der Waals surface area (Å²) in [7, 11) is 0. The fraction of sp³-hybridized carbons (Fsp3) is 0.379. The Hall–Kier alpha value is -3.12. The number of aryl methyl sites for hydroxylation is 2. The van der Waals surface area contributed by atoms with Crippen LogP contribution in [0.15, 0.2) is 60.0 Å². The van der Waals surface area contributed by atoms with E-state index in [2.05, 4.69) is 18.4 Å². The molecule has 0 bridgehead atoms. The summed E-state index contributed by atoms with van der Waals surface area (Å²) in [6, 6.07) is 17.6. The molecule has 3 aromatic rings. The van der Waals surface area contributed by atoms with E-state index < -0.39 is 0 Å². The number of thiophene rings is 1. The summed E-state index contributed by atoms with van der Waals surface area (Å²) in [6.07, 6.45) is 3.09. The SMILES string of the molecule is Cc1ccc(OCC2c3ccsc3CCN2C(=O)CN(CC2CC2)C(=O)c2ccccc2C)cc1. The van der Waals surface area contributed by atoms with Gasteiger partial charge in [-0.3, -0.25) is 9.59 Å². The average molecular weight is 489 g/mol. The smallest absolute Gasteiger partial charge is 0.254 e. The molecular weight excluding hydrogens is 456 g/mol. The van der Waals surface area contributed by atoms with E-state index in [4.69, 9.17) is 4.74 Å². The van der Waals surface area contributed by atoms with Gasteiger partial charge in [-0.25, -0.2) is 0 Å². The van der Waals surface area contributed by atoms with Gasteiger partial charge < -0.3 is 14.5 Å². The largest absolute Gasteiger partial charge is 0.491 e. The number of carbonyl (C=O) groups is 2. The first-order valence-electron chi connectivity index (χ1n) is 12.4. The minimum atomic E-state index is -0.157. The van der Waals surface area contributed by atoms with E-state index in [0.29, 0.717) is 31.2 Å². The second-order valence-corrected chi connectivity index (χ2v) is 10.7. The lowest BCUT2D eigenvalue weighted by Gasteiger charge is -2.37. The van der Waals surface area contributed by atoms with Gasteiger partial charge in [0.2, 0.25) is 5.91 Å². The highest BCUT2D eigenvalue weighted by Gasteiger charge is 2.35. The Morgan fingerprint density at radius 2 is 1.83 bits per heavy atom. The molecular formula is C29H32N2O3S. The number of fused-ring (bicyclic) bond motifs is 1. The lowest BCUT2D eigenvalue weighted by molar-refractivity contribution is -0.135. The molecule has 0 spiro atoms. The number of nitrogens with zero attached hydrogens (tertiary/aromatic N) is 2. The third-order valence-corrected chi connectivity index (χ3v) is 8.00. The van der Waals surface area contributed by atoms with Gasteiger partial charge in [-0.05, 0) is 79.8 Å². The van der Waals surface area contributed by atoms with E-state index in [9.17, 15) is 9.59 Å². The third-order valence-electron chi connectivity index (χ3n) is 7.01. The van der Waals surface area contributed by atoms with Crippen molar-refractivity contribution in [2.75, 3.05) is 26.2 Å². The molecule has 0 saturated heterocycles. The molecule has 2 heterocycles. The second kappa shape index (κ2) is 10.2. The predicted molar refractivity (Wildman–Crippen MR) is 139 cm³/mol. The number of carbonyl (C=O) groups excluding carboxylic acids is 2. The monoisotopic (exact) mass is 488 g/mol. The molecule has 1 aromatic heterocycles. The Labute approximate surface area is 211 Å². The minimum absolute atomic E-state index is 0.0121. The molecule has 1 fully saturated rings. The van der Waals surface area contributed by atoms with Gasteiger partial charge in [0, 0.05) is 23.5 Å². The van der Waals surface area contributed by atoms with Crippen molar-refractivity contribution in [2.24, 2.45) is 5.92 Å². The Bertz CT molecular complexity index is 1200. The summed E-state index contributed by atoms with van der Waals surface area (Å²) < 4.78 is 6.15. The first-order valence-corrected chi connectivity index (χ1v) is 13.3. The number of ether oxygens (including phenoxy) is 1. The molecule has 2 aromatic carbocycles. The first kappa shape index (κ1) is 23.6. The molecule has 2 amide bonds. The zero-order chi connectivity index (χ0) is 24.4. The summed E-state index contributed by atoms with van der Waals surface area (Å²) >= 11 is 1.74. The molecule has 2 aliphatic rings. The highest BCUT2D eigenvalue weighted by molar-refractivity contribution is 7.10. The summed E-state index contributed by atoms with van der Waals surface area (Å²) in [4.78, 5) is 32.2. The Morgan fingerprint density at radius 1 is 1.06 bits per heavy atom. The van der Waals surface area contributed by atoms with Gasteiger partial charge in [0.05, 0.1) is 6.04 Å². The number of benzene rings is 2. The lowest BCUT2D eigenvalue weighted by Crippen LogP contribution is -2.48. The number of amides is 2. The number of hydrogen-bond acceptors (Lipinski definition) is 4. The van der Waals surface area contributed by atoms with Crippen LogP contribution in [0.3, 0.4) is 0 Å².